The second-order valence-corrected chi connectivity index (χ2v) is 11.5. The number of amides is 3. The van der Waals surface area contributed by atoms with Crippen LogP contribution in [0.25, 0.3) is 0 Å². The third-order valence-electron chi connectivity index (χ3n) is 7.98. The van der Waals surface area contributed by atoms with Crippen molar-refractivity contribution in [1.82, 2.24) is 16.0 Å². The number of hydrogen-bond acceptors (Lipinski definition) is 16. The first-order valence-electron chi connectivity index (χ1n) is 15.1. The Hall–Kier alpha value is -2.11. The first-order valence-corrected chi connectivity index (χ1v) is 15.1. The lowest BCUT2D eigenvalue weighted by Gasteiger charge is -2.49. The second kappa shape index (κ2) is 17.3. The van der Waals surface area contributed by atoms with Gasteiger partial charge < -0.3 is 80.5 Å². The predicted octanol–water partition coefficient (Wildman–Crippen LogP) is -5.97. The zero-order valence-corrected chi connectivity index (χ0v) is 25.7. The van der Waals surface area contributed by atoms with Gasteiger partial charge in [-0.2, -0.15) is 0 Å². The summed E-state index contributed by atoms with van der Waals surface area (Å²) in [5.74, 6) is -1.69. The van der Waals surface area contributed by atoms with Gasteiger partial charge in [-0.15, -0.1) is 0 Å². The van der Waals surface area contributed by atoms with Crippen LogP contribution in [-0.4, -0.2) is 170 Å². The molecule has 0 aromatic rings. The maximum absolute atomic E-state index is 12.4. The minimum absolute atomic E-state index is 0.143. The third-order valence-corrected chi connectivity index (χ3v) is 7.98. The zero-order valence-electron chi connectivity index (χ0n) is 25.7. The van der Waals surface area contributed by atoms with Gasteiger partial charge >= 0.3 is 0 Å². The summed E-state index contributed by atoms with van der Waals surface area (Å²) in [5.41, 5.74) is 0. The smallest absolute Gasteiger partial charge is 0.222 e. The number of unbranched alkanes of at least 4 members (excludes halogenated alkanes) is 1. The van der Waals surface area contributed by atoms with E-state index < -0.39 is 129 Å². The Morgan fingerprint density at radius 3 is 1.67 bits per heavy atom. The average molecular weight is 670 g/mol. The molecular formula is C27H47N3O16. The summed E-state index contributed by atoms with van der Waals surface area (Å²) in [7, 11) is 0. The molecule has 3 heterocycles. The van der Waals surface area contributed by atoms with E-state index in [0.29, 0.717) is 6.42 Å². The van der Waals surface area contributed by atoms with Crippen molar-refractivity contribution in [3.63, 3.8) is 0 Å². The molecule has 3 rings (SSSR count). The van der Waals surface area contributed by atoms with Crippen LogP contribution in [0.15, 0.2) is 0 Å². The highest BCUT2D eigenvalue weighted by atomic mass is 16.7. The number of aliphatic hydroxyl groups is 8. The molecule has 0 aromatic carbocycles. The van der Waals surface area contributed by atoms with Gasteiger partial charge in [0, 0.05) is 20.3 Å². The second-order valence-electron chi connectivity index (χ2n) is 11.5. The van der Waals surface area contributed by atoms with Gasteiger partial charge in [-0.1, -0.05) is 13.3 Å². The molecule has 19 nitrogen and oxygen atoms in total. The lowest BCUT2D eigenvalue weighted by molar-refractivity contribution is -0.358. The largest absolute Gasteiger partial charge is 0.394 e. The molecule has 3 amide bonds. The Morgan fingerprint density at radius 2 is 1.13 bits per heavy atom. The number of carbonyl (C=O) groups excluding carboxylic acids is 3. The third kappa shape index (κ3) is 9.07. The van der Waals surface area contributed by atoms with Gasteiger partial charge in [0.1, 0.15) is 73.1 Å². The van der Waals surface area contributed by atoms with Gasteiger partial charge in [0.25, 0.3) is 0 Å². The summed E-state index contributed by atoms with van der Waals surface area (Å²) in [6.45, 7) is 1.83. The van der Waals surface area contributed by atoms with Crippen molar-refractivity contribution in [1.29, 1.82) is 0 Å². The van der Waals surface area contributed by atoms with Crippen molar-refractivity contribution < 1.29 is 78.9 Å². The van der Waals surface area contributed by atoms with Crippen LogP contribution >= 0.6 is 0 Å². The van der Waals surface area contributed by atoms with E-state index in [0.717, 1.165) is 13.3 Å². The molecule has 3 saturated heterocycles. The van der Waals surface area contributed by atoms with E-state index in [2.05, 4.69) is 16.0 Å². The normalized spacial score (nSPS) is 41.4. The first-order chi connectivity index (χ1) is 21.8. The number of carbonyl (C=O) groups is 3. The van der Waals surface area contributed by atoms with Gasteiger partial charge in [-0.25, -0.2) is 0 Å². The number of ether oxygens (including phenoxy) is 5. The maximum atomic E-state index is 12.4. The minimum Gasteiger partial charge on any atom is -0.394 e. The molecule has 3 aliphatic heterocycles. The fraction of sp³-hybridized carbons (Fsp3) is 0.889. The molecule has 3 aliphatic rings. The Balaban J connectivity index is 1.86. The van der Waals surface area contributed by atoms with Crippen LogP contribution in [0.2, 0.25) is 0 Å². The molecule has 0 aromatic heterocycles. The standard InChI is InChI=1S/C27H47N3O16/c1-4-5-6-15(36)30-25-16(28-10(2)34)19(38)23(13(8-32)42-25)45-26-17(29-11(3)35)20(39)24(14(9-33)44-26)46-27-22(41)21(40)18(37)12(7-31)43-27/h12-14,16-27,31-33,37-41H,4-9H2,1-3H3,(H,28,34)(H,29,35)(H,30,36)/t12?,13?,14?,16?,17?,18-,19-,20-,21+,22?,23-,24-,25-,26+,27+/m1/s1. The molecule has 0 aliphatic carbocycles. The van der Waals surface area contributed by atoms with Crippen molar-refractivity contribution in [2.75, 3.05) is 19.8 Å². The summed E-state index contributed by atoms with van der Waals surface area (Å²) < 4.78 is 28.6. The summed E-state index contributed by atoms with van der Waals surface area (Å²) >= 11 is 0. The predicted molar refractivity (Wildman–Crippen MR) is 150 cm³/mol. The van der Waals surface area contributed by atoms with E-state index in [-0.39, 0.29) is 6.42 Å². The molecule has 0 bridgehead atoms. The quantitative estimate of drug-likeness (QED) is 0.0870. The molecule has 0 spiro atoms. The molecule has 3 fully saturated rings. The van der Waals surface area contributed by atoms with Gasteiger partial charge in [0.05, 0.1) is 19.8 Å². The highest BCUT2D eigenvalue weighted by molar-refractivity contribution is 5.77. The van der Waals surface area contributed by atoms with Crippen LogP contribution in [0.3, 0.4) is 0 Å². The molecule has 266 valence electrons. The molecule has 15 atom stereocenters. The Kier molecular flexibility index (Phi) is 14.4. The average Bonchev–Trinajstić information content (AvgIpc) is 3.01. The van der Waals surface area contributed by atoms with Crippen molar-refractivity contribution in [2.24, 2.45) is 0 Å². The van der Waals surface area contributed by atoms with Gasteiger partial charge in [-0.3, -0.25) is 14.4 Å². The summed E-state index contributed by atoms with van der Waals surface area (Å²) in [4.78, 5) is 36.6. The lowest BCUT2D eigenvalue weighted by Crippen LogP contribution is -2.71. The fourth-order valence-corrected chi connectivity index (χ4v) is 5.59. The first kappa shape index (κ1) is 38.3. The summed E-state index contributed by atoms with van der Waals surface area (Å²) in [6, 6.07) is -2.77. The Bertz CT molecular complexity index is 1010. The van der Waals surface area contributed by atoms with Crippen molar-refractivity contribution in [2.45, 2.75) is 132 Å². The Morgan fingerprint density at radius 1 is 0.630 bits per heavy atom. The topological polar surface area (TPSA) is 295 Å². The van der Waals surface area contributed by atoms with Gasteiger partial charge in [0.2, 0.25) is 17.7 Å². The minimum atomic E-state index is -1.86. The lowest BCUT2D eigenvalue weighted by atomic mass is 9.93. The van der Waals surface area contributed by atoms with E-state index in [1.165, 1.54) is 6.92 Å². The number of hydrogen-bond donors (Lipinski definition) is 11. The number of aliphatic hydroxyl groups excluding tert-OH is 8. The zero-order chi connectivity index (χ0) is 34.3. The van der Waals surface area contributed by atoms with E-state index in [1.54, 1.807) is 0 Å². The molecule has 19 heteroatoms. The Labute approximate surface area is 264 Å². The van der Waals surface area contributed by atoms with E-state index in [4.69, 9.17) is 23.7 Å². The molecule has 0 radical (unpaired) electrons. The van der Waals surface area contributed by atoms with Crippen molar-refractivity contribution in [3.8, 4) is 0 Å². The highest BCUT2D eigenvalue weighted by Crippen LogP contribution is 2.32. The van der Waals surface area contributed by atoms with Gasteiger partial charge in [0.15, 0.2) is 18.8 Å². The van der Waals surface area contributed by atoms with Crippen molar-refractivity contribution >= 4 is 17.7 Å². The number of nitrogens with one attached hydrogen (secondary N) is 3. The SMILES string of the molecule is CCCCC(=O)N[C@@H]1OC(CO)[C@@H](O[C@@H]2OC(CO)[C@@H](O[C@@H]3OC(CO)[C@@H](O)[C@H](O)C3O)[C@H](O)C2NC(C)=O)[C@H](O)C1NC(C)=O. The monoisotopic (exact) mass is 669 g/mol. The van der Waals surface area contributed by atoms with Crippen LogP contribution in [0, 0.1) is 0 Å². The molecule has 46 heavy (non-hydrogen) atoms. The highest BCUT2D eigenvalue weighted by Gasteiger charge is 2.54. The summed E-state index contributed by atoms with van der Waals surface area (Å²) in [5, 5.41) is 90.6. The van der Waals surface area contributed by atoms with Crippen molar-refractivity contribution in [3.05, 3.63) is 0 Å². The van der Waals surface area contributed by atoms with Crippen LogP contribution in [0.4, 0.5) is 0 Å². The summed E-state index contributed by atoms with van der Waals surface area (Å²) in [6.07, 6.45) is -19.2. The van der Waals surface area contributed by atoms with E-state index >= 15 is 0 Å². The maximum Gasteiger partial charge on any atom is 0.222 e. The van der Waals surface area contributed by atoms with Crippen LogP contribution < -0.4 is 16.0 Å². The molecule has 0 saturated carbocycles. The van der Waals surface area contributed by atoms with Crippen LogP contribution in [0.5, 0.6) is 0 Å². The van der Waals surface area contributed by atoms with E-state index in [9.17, 15) is 55.2 Å². The van der Waals surface area contributed by atoms with Gasteiger partial charge in [-0.05, 0) is 6.42 Å². The van der Waals surface area contributed by atoms with E-state index in [1.807, 2.05) is 6.92 Å². The number of rotatable bonds is 13. The van der Waals surface area contributed by atoms with Crippen LogP contribution in [-0.2, 0) is 38.1 Å². The molecule has 11 N–H and O–H groups in total. The van der Waals surface area contributed by atoms with Crippen LogP contribution in [0.1, 0.15) is 40.0 Å². The molecule has 6 unspecified atom stereocenters. The fourth-order valence-electron chi connectivity index (χ4n) is 5.59. The molecular weight excluding hydrogens is 622 g/mol.